The number of rotatable bonds is 5. The SMILES string of the molecule is CC(C)(C)OC(=O)c1ccc(OS(=O)(=O)F)cc1OS(=O)(=O)F. The average Bonchev–Trinajstić information content (AvgIpc) is 2.21. The van der Waals surface area contributed by atoms with Crippen LogP contribution in [0.1, 0.15) is 31.1 Å². The number of halogens is 2. The zero-order chi connectivity index (χ0) is 18.1. The van der Waals surface area contributed by atoms with Crippen molar-refractivity contribution in [1.29, 1.82) is 0 Å². The van der Waals surface area contributed by atoms with Crippen LogP contribution >= 0.6 is 0 Å². The van der Waals surface area contributed by atoms with Gasteiger partial charge in [0, 0.05) is 6.07 Å². The zero-order valence-electron chi connectivity index (χ0n) is 12.1. The summed E-state index contributed by atoms with van der Waals surface area (Å²) in [4.78, 5) is 11.9. The van der Waals surface area contributed by atoms with Crippen molar-refractivity contribution in [3.8, 4) is 11.5 Å². The van der Waals surface area contributed by atoms with Gasteiger partial charge in [-0.3, -0.25) is 0 Å². The van der Waals surface area contributed by atoms with Crippen molar-refractivity contribution >= 4 is 27.0 Å². The summed E-state index contributed by atoms with van der Waals surface area (Å²) in [7, 11) is -11.0. The van der Waals surface area contributed by atoms with E-state index < -0.39 is 49.6 Å². The molecule has 130 valence electrons. The third-order valence-electron chi connectivity index (χ3n) is 1.96. The molecule has 0 saturated carbocycles. The van der Waals surface area contributed by atoms with Gasteiger partial charge in [-0.05, 0) is 32.9 Å². The van der Waals surface area contributed by atoms with Crippen LogP contribution in [0, 0.1) is 0 Å². The van der Waals surface area contributed by atoms with Gasteiger partial charge in [-0.15, -0.1) is 0 Å². The van der Waals surface area contributed by atoms with E-state index in [2.05, 4.69) is 8.37 Å². The average molecular weight is 374 g/mol. The van der Waals surface area contributed by atoms with E-state index in [-0.39, 0.29) is 0 Å². The maximum atomic E-state index is 12.7. The predicted octanol–water partition coefficient (Wildman–Crippen LogP) is 1.83. The molecule has 0 heterocycles. The number of carbonyl (C=O) groups is 1. The third kappa shape index (κ3) is 7.23. The van der Waals surface area contributed by atoms with Crippen molar-refractivity contribution in [2.45, 2.75) is 26.4 Å². The number of hydrogen-bond donors (Lipinski definition) is 0. The number of hydrogen-bond acceptors (Lipinski definition) is 8. The van der Waals surface area contributed by atoms with Crippen molar-refractivity contribution in [3.63, 3.8) is 0 Å². The number of esters is 1. The molecule has 1 aromatic rings. The molecule has 0 fully saturated rings. The van der Waals surface area contributed by atoms with Gasteiger partial charge < -0.3 is 13.1 Å². The molecule has 8 nitrogen and oxygen atoms in total. The third-order valence-corrected chi connectivity index (χ3v) is 2.73. The normalized spacial score (nSPS) is 12.6. The molecule has 1 rings (SSSR count). The van der Waals surface area contributed by atoms with E-state index in [0.717, 1.165) is 12.1 Å². The van der Waals surface area contributed by atoms with Crippen LogP contribution in [-0.4, -0.2) is 28.4 Å². The highest BCUT2D eigenvalue weighted by Crippen LogP contribution is 2.29. The summed E-state index contributed by atoms with van der Waals surface area (Å²) in [5.41, 5.74) is -1.50. The Hall–Kier alpha value is -1.95. The molecule has 0 saturated heterocycles. The smallest absolute Gasteiger partial charge is 0.456 e. The molecule has 1 aromatic carbocycles. The van der Waals surface area contributed by atoms with E-state index in [0.29, 0.717) is 6.07 Å². The molecular weight excluding hydrogens is 362 g/mol. The Labute approximate surface area is 131 Å². The monoisotopic (exact) mass is 374 g/mol. The second-order valence-electron chi connectivity index (χ2n) is 5.11. The molecular formula is C11H12F2O8S2. The standard InChI is InChI=1S/C11H12F2O8S2/c1-11(2,3)19-10(14)8-5-4-7(20-22(12,15)16)6-9(8)21-23(13,17)18/h4-6H,1-3H3. The van der Waals surface area contributed by atoms with Crippen LogP contribution in [0.15, 0.2) is 18.2 Å². The van der Waals surface area contributed by atoms with Gasteiger partial charge in [0.1, 0.15) is 16.9 Å². The van der Waals surface area contributed by atoms with E-state index in [1.165, 1.54) is 20.8 Å². The minimum absolute atomic E-state index is 0.507. The van der Waals surface area contributed by atoms with Crippen molar-refractivity contribution in [3.05, 3.63) is 23.8 Å². The predicted molar refractivity (Wildman–Crippen MR) is 72.9 cm³/mol. The van der Waals surface area contributed by atoms with E-state index in [1.54, 1.807) is 0 Å². The summed E-state index contributed by atoms with van der Waals surface area (Å²) in [6.45, 7) is 4.56. The minimum Gasteiger partial charge on any atom is -0.456 e. The van der Waals surface area contributed by atoms with Crippen molar-refractivity contribution in [2.24, 2.45) is 0 Å². The van der Waals surface area contributed by atoms with Gasteiger partial charge in [-0.25, -0.2) is 4.79 Å². The zero-order valence-corrected chi connectivity index (χ0v) is 13.7. The van der Waals surface area contributed by atoms with Gasteiger partial charge in [0.05, 0.1) is 0 Å². The summed E-state index contributed by atoms with van der Waals surface area (Å²) >= 11 is 0. The molecule has 0 bridgehead atoms. The van der Waals surface area contributed by atoms with Crippen LogP contribution in [-0.2, 0) is 25.7 Å². The van der Waals surface area contributed by atoms with Gasteiger partial charge in [-0.2, -0.15) is 16.8 Å². The van der Waals surface area contributed by atoms with Gasteiger partial charge in [0.25, 0.3) is 0 Å². The Balaban J connectivity index is 3.31. The minimum atomic E-state index is -5.54. The van der Waals surface area contributed by atoms with Crippen LogP contribution in [0.5, 0.6) is 11.5 Å². The highest BCUT2D eigenvalue weighted by Gasteiger charge is 2.25. The molecule has 12 heteroatoms. The van der Waals surface area contributed by atoms with Crippen LogP contribution in [0.4, 0.5) is 7.77 Å². The fourth-order valence-corrected chi connectivity index (χ4v) is 2.03. The van der Waals surface area contributed by atoms with Crippen LogP contribution in [0.3, 0.4) is 0 Å². The Kier molecular flexibility index (Phi) is 5.21. The Morgan fingerprint density at radius 2 is 1.52 bits per heavy atom. The molecule has 0 aliphatic heterocycles. The van der Waals surface area contributed by atoms with Crippen LogP contribution in [0.2, 0.25) is 0 Å². The molecule has 0 aromatic heterocycles. The number of benzene rings is 1. The van der Waals surface area contributed by atoms with Gasteiger partial charge in [0.15, 0.2) is 5.75 Å². The summed E-state index contributed by atoms with van der Waals surface area (Å²) in [5, 5.41) is 0. The lowest BCUT2D eigenvalue weighted by molar-refractivity contribution is 0.00679. The molecule has 0 unspecified atom stereocenters. The van der Waals surface area contributed by atoms with Crippen LogP contribution < -0.4 is 8.37 Å². The summed E-state index contributed by atoms with van der Waals surface area (Å²) in [6.07, 6.45) is 0. The van der Waals surface area contributed by atoms with E-state index in [9.17, 15) is 29.4 Å². The fraction of sp³-hybridized carbons (Fsp3) is 0.364. The topological polar surface area (TPSA) is 113 Å². The first-order chi connectivity index (χ1) is 10.2. The first kappa shape index (κ1) is 19.1. The maximum absolute atomic E-state index is 12.7. The Bertz CT molecular complexity index is 809. The molecule has 0 aliphatic carbocycles. The largest absolute Gasteiger partial charge is 0.488 e. The van der Waals surface area contributed by atoms with Gasteiger partial charge in [0.2, 0.25) is 0 Å². The van der Waals surface area contributed by atoms with Crippen molar-refractivity contribution in [1.82, 2.24) is 0 Å². The first-order valence-corrected chi connectivity index (χ1v) is 8.43. The molecule has 23 heavy (non-hydrogen) atoms. The molecule has 0 spiro atoms. The number of ether oxygens (including phenoxy) is 1. The number of carbonyl (C=O) groups excluding carboxylic acids is 1. The van der Waals surface area contributed by atoms with Gasteiger partial charge >= 0.3 is 27.0 Å². The second-order valence-corrected chi connectivity index (χ2v) is 7.02. The summed E-state index contributed by atoms with van der Waals surface area (Å²) in [5.74, 6) is -2.74. The highest BCUT2D eigenvalue weighted by molar-refractivity contribution is 7.82. The highest BCUT2D eigenvalue weighted by atomic mass is 32.3. The van der Waals surface area contributed by atoms with Crippen LogP contribution in [0.25, 0.3) is 0 Å². The molecule has 0 atom stereocenters. The lowest BCUT2D eigenvalue weighted by Crippen LogP contribution is -2.24. The summed E-state index contributed by atoms with van der Waals surface area (Å²) in [6, 6.07) is 2.16. The molecule has 0 aliphatic rings. The lowest BCUT2D eigenvalue weighted by atomic mass is 10.1. The Morgan fingerprint density at radius 3 is 1.96 bits per heavy atom. The van der Waals surface area contributed by atoms with Gasteiger partial charge in [-0.1, -0.05) is 7.77 Å². The molecule has 0 amide bonds. The summed E-state index contributed by atoms with van der Waals surface area (Å²) < 4.78 is 79.8. The fourth-order valence-electron chi connectivity index (χ4n) is 1.35. The van der Waals surface area contributed by atoms with E-state index in [1.807, 2.05) is 0 Å². The van der Waals surface area contributed by atoms with E-state index >= 15 is 0 Å². The lowest BCUT2D eigenvalue weighted by Gasteiger charge is -2.20. The quantitative estimate of drug-likeness (QED) is 0.567. The second kappa shape index (κ2) is 6.28. The van der Waals surface area contributed by atoms with Crippen molar-refractivity contribution in [2.75, 3.05) is 0 Å². The molecule has 0 N–H and O–H groups in total. The Morgan fingerprint density at radius 1 is 1.00 bits per heavy atom. The first-order valence-electron chi connectivity index (χ1n) is 5.82. The van der Waals surface area contributed by atoms with Crippen molar-refractivity contribution < 1.29 is 42.5 Å². The van der Waals surface area contributed by atoms with E-state index in [4.69, 9.17) is 4.74 Å². The maximum Gasteiger partial charge on any atom is 0.488 e. The molecule has 0 radical (unpaired) electrons.